The number of rotatable bonds is 10. The Morgan fingerprint density at radius 1 is 1.07 bits per heavy atom. The third-order valence-electron chi connectivity index (χ3n) is 8.32. The van der Waals surface area contributed by atoms with E-state index in [0.717, 1.165) is 42.8 Å². The Morgan fingerprint density at radius 2 is 1.76 bits per heavy atom. The second kappa shape index (κ2) is 12.3. The highest BCUT2D eigenvalue weighted by molar-refractivity contribution is 7.91. The van der Waals surface area contributed by atoms with Crippen LogP contribution in [0, 0.1) is 0 Å². The number of aryl methyl sites for hydroxylation is 3. The van der Waals surface area contributed by atoms with Gasteiger partial charge in [0.25, 0.3) is 11.8 Å². The number of hydrogen-bond donors (Lipinski definition) is 2. The first-order chi connectivity index (χ1) is 21.1. The van der Waals surface area contributed by atoms with Crippen molar-refractivity contribution in [1.29, 1.82) is 0 Å². The van der Waals surface area contributed by atoms with Crippen LogP contribution in [0.2, 0.25) is 0 Å². The first-order valence-electron chi connectivity index (χ1n) is 14.6. The highest BCUT2D eigenvalue weighted by atomic mass is 32.2. The first-order valence-corrected chi connectivity index (χ1v) is 16.2. The predicted octanol–water partition coefficient (Wildman–Crippen LogP) is 5.39. The van der Waals surface area contributed by atoms with Gasteiger partial charge in [-0.2, -0.15) is 31.4 Å². The van der Waals surface area contributed by atoms with Gasteiger partial charge in [-0.25, -0.2) is 13.1 Å². The van der Waals surface area contributed by atoms with Crippen LogP contribution in [-0.4, -0.2) is 47.6 Å². The molecule has 1 aromatic carbocycles. The van der Waals surface area contributed by atoms with E-state index in [1.807, 2.05) is 10.0 Å². The summed E-state index contributed by atoms with van der Waals surface area (Å²) in [5.74, 6) is -2.67. The molecule has 0 radical (unpaired) electrons. The molecular formula is C30H32F6N4O4S. The Morgan fingerprint density at radius 3 is 2.42 bits per heavy atom. The van der Waals surface area contributed by atoms with E-state index in [1.54, 1.807) is 18.2 Å². The lowest BCUT2D eigenvalue weighted by Gasteiger charge is -2.40. The van der Waals surface area contributed by atoms with Gasteiger partial charge < -0.3 is 5.32 Å². The minimum absolute atomic E-state index is 0.0601. The third-order valence-corrected chi connectivity index (χ3v) is 10.1. The topological polar surface area (TPSA) is 110 Å². The summed E-state index contributed by atoms with van der Waals surface area (Å²) < 4.78 is 110. The molecule has 0 spiro atoms. The van der Waals surface area contributed by atoms with Crippen LogP contribution in [0.15, 0.2) is 48.3 Å². The molecule has 1 unspecified atom stereocenters. The number of carbonyl (C=O) groups excluding carboxylic acids is 2. The van der Waals surface area contributed by atoms with Crippen LogP contribution in [0.25, 0.3) is 5.57 Å². The number of fused-ring (bicyclic) bond motifs is 1. The summed E-state index contributed by atoms with van der Waals surface area (Å²) in [4.78, 5) is 26.8. The number of halogens is 6. The molecule has 15 heteroatoms. The van der Waals surface area contributed by atoms with E-state index in [4.69, 9.17) is 0 Å². The summed E-state index contributed by atoms with van der Waals surface area (Å²) in [6, 6.07) is 4.98. The number of sulfonamides is 1. The van der Waals surface area contributed by atoms with Crippen LogP contribution in [0.4, 0.5) is 26.3 Å². The van der Waals surface area contributed by atoms with E-state index >= 15 is 13.2 Å². The molecule has 3 aliphatic rings. The van der Waals surface area contributed by atoms with Gasteiger partial charge in [-0.15, -0.1) is 0 Å². The summed E-state index contributed by atoms with van der Waals surface area (Å²) >= 11 is 0. The van der Waals surface area contributed by atoms with Gasteiger partial charge >= 0.3 is 12.4 Å². The standard InChI is InChI=1S/C30H32F6N4O4S/c31-29(32,33)13-5-1-2-6-14-40-18-22(17-37-40)28(30(34,35)36)16-24(21-10-9-19-7-3-4-8-20(19)15-21)25(26(41)38-28)27(42)39-45(43,44)23-11-12-23/h1-2,9-10,15,17-18,23H,3-8,11-14,16H2,(H,38,41)(H,39,42). The largest absolute Gasteiger partial charge is 0.416 e. The van der Waals surface area contributed by atoms with Crippen LogP contribution in [0.5, 0.6) is 0 Å². The Hall–Kier alpha value is -3.62. The molecule has 2 heterocycles. The van der Waals surface area contributed by atoms with Gasteiger partial charge in [0.05, 0.1) is 11.4 Å². The van der Waals surface area contributed by atoms with Gasteiger partial charge in [0.2, 0.25) is 10.0 Å². The molecule has 1 saturated carbocycles. The molecule has 1 atom stereocenters. The number of nitrogens with one attached hydrogen (secondary N) is 2. The molecule has 1 aromatic heterocycles. The SMILES string of the molecule is O=C1NC(c2cnn(CCC=CCCC(F)(F)F)c2)(C(F)(F)F)CC(c2ccc3c(c2)CCCC3)=C1C(=O)NS(=O)(=O)C1CC1. The number of amides is 2. The number of alkyl halides is 6. The average Bonchev–Trinajstić information content (AvgIpc) is 3.72. The van der Waals surface area contributed by atoms with E-state index in [-0.39, 0.29) is 30.5 Å². The van der Waals surface area contributed by atoms with Crippen molar-refractivity contribution in [2.45, 2.75) is 93.9 Å². The maximum Gasteiger partial charge on any atom is 0.416 e. The van der Waals surface area contributed by atoms with Crippen LogP contribution in [0.1, 0.15) is 73.6 Å². The molecule has 2 N–H and O–H groups in total. The summed E-state index contributed by atoms with van der Waals surface area (Å²) in [6.45, 7) is 0.0601. The third kappa shape index (κ3) is 7.28. The van der Waals surface area contributed by atoms with E-state index in [0.29, 0.717) is 19.3 Å². The molecule has 5 rings (SSSR count). The molecule has 0 bridgehead atoms. The first kappa shape index (κ1) is 32.8. The zero-order chi connectivity index (χ0) is 32.6. The van der Waals surface area contributed by atoms with Crippen molar-refractivity contribution in [2.24, 2.45) is 0 Å². The van der Waals surface area contributed by atoms with Crippen LogP contribution in [0.3, 0.4) is 0 Å². The molecule has 244 valence electrons. The fourth-order valence-electron chi connectivity index (χ4n) is 5.75. The van der Waals surface area contributed by atoms with Crippen molar-refractivity contribution in [2.75, 3.05) is 0 Å². The van der Waals surface area contributed by atoms with Gasteiger partial charge in [-0.1, -0.05) is 30.4 Å². The number of aromatic nitrogens is 2. The van der Waals surface area contributed by atoms with E-state index in [1.165, 1.54) is 16.8 Å². The number of allylic oxidation sites excluding steroid dienone is 2. The van der Waals surface area contributed by atoms with E-state index in [2.05, 4.69) is 5.10 Å². The average molecular weight is 659 g/mol. The molecule has 2 aliphatic carbocycles. The molecule has 2 aromatic rings. The summed E-state index contributed by atoms with van der Waals surface area (Å²) in [6.07, 6.45) is -2.50. The second-order valence-electron chi connectivity index (χ2n) is 11.7. The molecule has 1 fully saturated rings. The maximum absolute atomic E-state index is 15.1. The normalized spacial score (nSPS) is 21.2. The van der Waals surface area contributed by atoms with Gasteiger partial charge in [0, 0.05) is 31.1 Å². The van der Waals surface area contributed by atoms with Crippen molar-refractivity contribution >= 4 is 27.4 Å². The molecular weight excluding hydrogens is 626 g/mol. The van der Waals surface area contributed by atoms with Crippen LogP contribution in [-0.2, 0) is 44.5 Å². The van der Waals surface area contributed by atoms with Crippen molar-refractivity contribution in [1.82, 2.24) is 19.8 Å². The van der Waals surface area contributed by atoms with Gasteiger partial charge in [0.15, 0.2) is 5.54 Å². The number of nitrogens with zero attached hydrogens (tertiary/aromatic N) is 2. The maximum atomic E-state index is 15.1. The number of carbonyl (C=O) groups is 2. The lowest BCUT2D eigenvalue weighted by atomic mass is 9.76. The minimum Gasteiger partial charge on any atom is -0.334 e. The van der Waals surface area contributed by atoms with Crippen molar-refractivity contribution in [3.63, 3.8) is 0 Å². The van der Waals surface area contributed by atoms with E-state index in [9.17, 15) is 31.2 Å². The second-order valence-corrected chi connectivity index (χ2v) is 13.6. The summed E-state index contributed by atoms with van der Waals surface area (Å²) in [5, 5.41) is 5.16. The lowest BCUT2D eigenvalue weighted by molar-refractivity contribution is -0.202. The van der Waals surface area contributed by atoms with Crippen molar-refractivity contribution in [3.05, 3.63) is 70.6 Å². The fourth-order valence-corrected chi connectivity index (χ4v) is 7.03. The molecule has 8 nitrogen and oxygen atoms in total. The summed E-state index contributed by atoms with van der Waals surface area (Å²) in [7, 11) is -4.12. The van der Waals surface area contributed by atoms with Crippen molar-refractivity contribution < 1.29 is 44.3 Å². The zero-order valence-corrected chi connectivity index (χ0v) is 24.9. The smallest absolute Gasteiger partial charge is 0.334 e. The van der Waals surface area contributed by atoms with Gasteiger partial charge in [-0.05, 0) is 73.6 Å². The Balaban J connectivity index is 1.49. The summed E-state index contributed by atoms with van der Waals surface area (Å²) in [5.41, 5.74) is -2.25. The molecule has 45 heavy (non-hydrogen) atoms. The van der Waals surface area contributed by atoms with Gasteiger partial charge in [-0.3, -0.25) is 14.3 Å². The van der Waals surface area contributed by atoms with Gasteiger partial charge in [0.1, 0.15) is 5.57 Å². The Labute approximate surface area is 256 Å². The van der Waals surface area contributed by atoms with Crippen LogP contribution < -0.4 is 10.0 Å². The Kier molecular flexibility index (Phi) is 8.95. The molecule has 1 aliphatic heterocycles. The highest BCUT2D eigenvalue weighted by Crippen LogP contribution is 2.48. The predicted molar refractivity (Wildman–Crippen MR) is 152 cm³/mol. The van der Waals surface area contributed by atoms with Crippen LogP contribution >= 0.6 is 0 Å². The van der Waals surface area contributed by atoms with Crippen molar-refractivity contribution in [3.8, 4) is 0 Å². The highest BCUT2D eigenvalue weighted by Gasteiger charge is 2.61. The fraction of sp³-hybridized carbons (Fsp3) is 0.500. The molecule has 2 amide bonds. The number of benzene rings is 1. The quantitative estimate of drug-likeness (QED) is 0.202. The Bertz CT molecular complexity index is 1640. The molecule has 0 saturated heterocycles. The monoisotopic (exact) mass is 658 g/mol. The number of hydrogen-bond acceptors (Lipinski definition) is 5. The zero-order valence-electron chi connectivity index (χ0n) is 24.1. The lowest BCUT2D eigenvalue weighted by Crippen LogP contribution is -2.59. The minimum atomic E-state index is -5.07. The van der Waals surface area contributed by atoms with E-state index < -0.39 is 69.0 Å².